The summed E-state index contributed by atoms with van der Waals surface area (Å²) >= 11 is 0. The monoisotopic (exact) mass is 242 g/mol. The number of aliphatic carboxylic acids is 1. The number of carboxylic acids is 1. The minimum absolute atomic E-state index is 0.0368. The van der Waals surface area contributed by atoms with E-state index in [1.165, 1.54) is 0 Å². The normalized spacial score (nSPS) is 21.1. The number of rotatable bonds is 7. The Bertz CT molecular complexity index is 262. The van der Waals surface area contributed by atoms with Gasteiger partial charge in [0, 0.05) is 18.9 Å². The van der Waals surface area contributed by atoms with Crippen LogP contribution in [0, 0.1) is 5.92 Å². The van der Waals surface area contributed by atoms with Crippen molar-refractivity contribution in [2.75, 3.05) is 13.1 Å². The topological polar surface area (TPSA) is 78.4 Å². The van der Waals surface area contributed by atoms with Crippen LogP contribution in [0.25, 0.3) is 0 Å². The third kappa shape index (κ3) is 6.26. The SMILES string of the molecule is CC(CCC(=O)O)NC(=O)CCC1CCNC1. The largest absolute Gasteiger partial charge is 0.481 e. The molecule has 1 aliphatic rings. The van der Waals surface area contributed by atoms with Crippen molar-refractivity contribution in [1.82, 2.24) is 10.6 Å². The van der Waals surface area contributed by atoms with E-state index in [-0.39, 0.29) is 18.4 Å². The third-order valence-electron chi connectivity index (χ3n) is 3.14. The molecule has 0 aliphatic carbocycles. The summed E-state index contributed by atoms with van der Waals surface area (Å²) in [6, 6.07) is -0.0553. The molecule has 0 aromatic rings. The fourth-order valence-corrected chi connectivity index (χ4v) is 2.06. The smallest absolute Gasteiger partial charge is 0.303 e. The highest BCUT2D eigenvalue weighted by molar-refractivity contribution is 5.76. The molecule has 5 heteroatoms. The molecule has 0 aromatic carbocycles. The summed E-state index contributed by atoms with van der Waals surface area (Å²) in [6.07, 6.45) is 3.22. The highest BCUT2D eigenvalue weighted by Gasteiger charge is 2.16. The van der Waals surface area contributed by atoms with Crippen molar-refractivity contribution >= 4 is 11.9 Å². The van der Waals surface area contributed by atoms with Gasteiger partial charge in [0.1, 0.15) is 0 Å². The average molecular weight is 242 g/mol. The minimum Gasteiger partial charge on any atom is -0.481 e. The number of amides is 1. The van der Waals surface area contributed by atoms with Gasteiger partial charge in [0.15, 0.2) is 0 Å². The first-order chi connectivity index (χ1) is 8.08. The van der Waals surface area contributed by atoms with Gasteiger partial charge in [-0.05, 0) is 45.2 Å². The molecule has 1 heterocycles. The number of hydrogen-bond donors (Lipinski definition) is 3. The van der Waals surface area contributed by atoms with Crippen molar-refractivity contribution in [3.05, 3.63) is 0 Å². The molecule has 0 bridgehead atoms. The van der Waals surface area contributed by atoms with Gasteiger partial charge >= 0.3 is 5.97 Å². The molecule has 0 saturated carbocycles. The van der Waals surface area contributed by atoms with E-state index in [4.69, 9.17) is 5.11 Å². The van der Waals surface area contributed by atoms with Gasteiger partial charge in [0.05, 0.1) is 0 Å². The minimum atomic E-state index is -0.817. The van der Waals surface area contributed by atoms with Gasteiger partial charge in [-0.15, -0.1) is 0 Å². The molecule has 1 aliphatic heterocycles. The molecule has 2 atom stereocenters. The molecule has 0 aromatic heterocycles. The first-order valence-electron chi connectivity index (χ1n) is 6.30. The van der Waals surface area contributed by atoms with E-state index >= 15 is 0 Å². The molecular weight excluding hydrogens is 220 g/mol. The van der Waals surface area contributed by atoms with Crippen LogP contribution in [0.5, 0.6) is 0 Å². The second-order valence-corrected chi connectivity index (χ2v) is 4.80. The summed E-state index contributed by atoms with van der Waals surface area (Å²) in [7, 11) is 0. The van der Waals surface area contributed by atoms with E-state index in [9.17, 15) is 9.59 Å². The van der Waals surface area contributed by atoms with Crippen LogP contribution >= 0.6 is 0 Å². The van der Waals surface area contributed by atoms with E-state index in [0.29, 0.717) is 18.8 Å². The number of nitrogens with one attached hydrogen (secondary N) is 2. The summed E-state index contributed by atoms with van der Waals surface area (Å²) in [4.78, 5) is 21.9. The molecule has 3 N–H and O–H groups in total. The van der Waals surface area contributed by atoms with E-state index in [1.54, 1.807) is 0 Å². The van der Waals surface area contributed by atoms with Crippen LogP contribution < -0.4 is 10.6 Å². The molecule has 1 saturated heterocycles. The summed E-state index contributed by atoms with van der Waals surface area (Å²) < 4.78 is 0. The predicted octanol–water partition coefficient (Wildman–Crippen LogP) is 0.746. The van der Waals surface area contributed by atoms with Crippen LogP contribution in [0.2, 0.25) is 0 Å². The maximum atomic E-state index is 11.6. The quantitative estimate of drug-likeness (QED) is 0.615. The Hall–Kier alpha value is -1.10. The zero-order valence-electron chi connectivity index (χ0n) is 10.4. The summed E-state index contributed by atoms with van der Waals surface area (Å²) in [5.41, 5.74) is 0. The number of carbonyl (C=O) groups is 2. The van der Waals surface area contributed by atoms with Crippen LogP contribution in [0.1, 0.15) is 39.0 Å². The molecule has 1 rings (SSSR count). The van der Waals surface area contributed by atoms with Gasteiger partial charge in [-0.2, -0.15) is 0 Å². The highest BCUT2D eigenvalue weighted by atomic mass is 16.4. The molecule has 0 spiro atoms. The molecule has 0 radical (unpaired) electrons. The van der Waals surface area contributed by atoms with E-state index < -0.39 is 5.97 Å². The first kappa shape index (κ1) is 14.0. The molecule has 17 heavy (non-hydrogen) atoms. The zero-order chi connectivity index (χ0) is 12.7. The Morgan fingerprint density at radius 2 is 2.24 bits per heavy atom. The van der Waals surface area contributed by atoms with Crippen LogP contribution in [0.3, 0.4) is 0 Å². The van der Waals surface area contributed by atoms with Crippen molar-refractivity contribution in [3.63, 3.8) is 0 Å². The van der Waals surface area contributed by atoms with E-state index in [2.05, 4.69) is 10.6 Å². The lowest BCUT2D eigenvalue weighted by Gasteiger charge is -2.13. The zero-order valence-corrected chi connectivity index (χ0v) is 10.4. The van der Waals surface area contributed by atoms with Crippen molar-refractivity contribution < 1.29 is 14.7 Å². The second kappa shape index (κ2) is 7.27. The Kier molecular flexibility index (Phi) is 5.97. The van der Waals surface area contributed by atoms with Gasteiger partial charge in [0.25, 0.3) is 0 Å². The first-order valence-corrected chi connectivity index (χ1v) is 6.30. The summed E-state index contributed by atoms with van der Waals surface area (Å²) in [5.74, 6) is -0.159. The van der Waals surface area contributed by atoms with Crippen LogP contribution in [0.4, 0.5) is 0 Å². The van der Waals surface area contributed by atoms with Crippen molar-refractivity contribution in [2.24, 2.45) is 5.92 Å². The Morgan fingerprint density at radius 3 is 2.82 bits per heavy atom. The van der Waals surface area contributed by atoms with Crippen molar-refractivity contribution in [2.45, 2.75) is 45.1 Å². The Balaban J connectivity index is 2.08. The standard InChI is InChI=1S/C12H22N2O3/c1-9(2-5-12(16)17)14-11(15)4-3-10-6-7-13-8-10/h9-10,13H,2-8H2,1H3,(H,14,15)(H,16,17). The van der Waals surface area contributed by atoms with Gasteiger partial charge in [-0.25, -0.2) is 0 Å². The molecule has 1 fully saturated rings. The van der Waals surface area contributed by atoms with Gasteiger partial charge in [-0.1, -0.05) is 0 Å². The number of carbonyl (C=O) groups excluding carboxylic acids is 1. The maximum Gasteiger partial charge on any atom is 0.303 e. The van der Waals surface area contributed by atoms with Crippen LogP contribution in [-0.4, -0.2) is 36.1 Å². The predicted molar refractivity (Wildman–Crippen MR) is 64.7 cm³/mol. The number of hydrogen-bond acceptors (Lipinski definition) is 3. The number of carboxylic acid groups (broad SMARTS) is 1. The summed E-state index contributed by atoms with van der Waals surface area (Å²) in [6.45, 7) is 3.92. The fraction of sp³-hybridized carbons (Fsp3) is 0.833. The summed E-state index contributed by atoms with van der Waals surface area (Å²) in [5, 5.41) is 14.6. The third-order valence-corrected chi connectivity index (χ3v) is 3.14. The van der Waals surface area contributed by atoms with Crippen molar-refractivity contribution in [1.29, 1.82) is 0 Å². The second-order valence-electron chi connectivity index (χ2n) is 4.80. The maximum absolute atomic E-state index is 11.6. The lowest BCUT2D eigenvalue weighted by molar-refractivity contribution is -0.137. The molecular formula is C12H22N2O3. The lowest BCUT2D eigenvalue weighted by Crippen LogP contribution is -2.33. The lowest BCUT2D eigenvalue weighted by atomic mass is 10.0. The fourth-order valence-electron chi connectivity index (χ4n) is 2.06. The van der Waals surface area contributed by atoms with Gasteiger partial charge in [-0.3, -0.25) is 9.59 Å². The van der Waals surface area contributed by atoms with E-state index in [1.807, 2.05) is 6.92 Å². The van der Waals surface area contributed by atoms with E-state index in [0.717, 1.165) is 25.9 Å². The van der Waals surface area contributed by atoms with Crippen LogP contribution in [0.15, 0.2) is 0 Å². The Morgan fingerprint density at radius 1 is 1.47 bits per heavy atom. The van der Waals surface area contributed by atoms with Crippen molar-refractivity contribution in [3.8, 4) is 0 Å². The molecule has 5 nitrogen and oxygen atoms in total. The van der Waals surface area contributed by atoms with Gasteiger partial charge in [0.2, 0.25) is 5.91 Å². The van der Waals surface area contributed by atoms with Crippen LogP contribution in [-0.2, 0) is 9.59 Å². The Labute approximate surface area is 102 Å². The average Bonchev–Trinajstić information content (AvgIpc) is 2.76. The molecule has 2 unspecified atom stereocenters. The molecule has 98 valence electrons. The molecule has 1 amide bonds. The van der Waals surface area contributed by atoms with Gasteiger partial charge < -0.3 is 15.7 Å². The highest BCUT2D eigenvalue weighted by Crippen LogP contribution is 2.14.